The van der Waals surface area contributed by atoms with Gasteiger partial charge in [0.2, 0.25) is 5.91 Å². The summed E-state index contributed by atoms with van der Waals surface area (Å²) in [6, 6.07) is 0.714. The number of benzene rings is 1. The third kappa shape index (κ3) is 3.79. The summed E-state index contributed by atoms with van der Waals surface area (Å²) in [6.07, 6.45) is 0.0853. The number of carbonyl (C=O) groups excluding carboxylic acids is 2. The number of aromatic hydroxyl groups is 2. The van der Waals surface area contributed by atoms with Crippen LogP contribution in [0.3, 0.4) is 0 Å². The number of nitrogens with zero attached hydrogens (tertiary/aromatic N) is 2. The molecule has 1 aromatic carbocycles. The van der Waals surface area contributed by atoms with Crippen molar-refractivity contribution in [2.45, 2.75) is 23.4 Å². The zero-order chi connectivity index (χ0) is 19.4. The van der Waals surface area contributed by atoms with Gasteiger partial charge in [0, 0.05) is 12.6 Å². The van der Waals surface area contributed by atoms with Crippen molar-refractivity contribution in [2.75, 3.05) is 12.3 Å². The minimum absolute atomic E-state index is 0. The molecule has 1 aromatic rings. The molecule has 2 aliphatic heterocycles. The van der Waals surface area contributed by atoms with E-state index in [1.165, 1.54) is 0 Å². The predicted octanol–water partition coefficient (Wildman–Crippen LogP) is -4.40. The van der Waals surface area contributed by atoms with Crippen LogP contribution in [0.4, 0.5) is 0 Å². The minimum atomic E-state index is -4.73. The Labute approximate surface area is 178 Å². The fourth-order valence-corrected chi connectivity index (χ4v) is 5.24. The van der Waals surface area contributed by atoms with Gasteiger partial charge < -0.3 is 16.5 Å². The molecule has 0 aromatic heterocycles. The first-order chi connectivity index (χ1) is 11.9. The van der Waals surface area contributed by atoms with E-state index in [9.17, 15) is 36.6 Å². The molecule has 0 aliphatic carbocycles. The van der Waals surface area contributed by atoms with Crippen molar-refractivity contribution in [3.63, 3.8) is 0 Å². The Balaban J connectivity index is 0.00000196. The van der Waals surface area contributed by atoms with Crippen molar-refractivity contribution >= 4 is 32.0 Å². The summed E-state index contributed by atoms with van der Waals surface area (Å²) in [4.78, 5) is 24.8. The van der Waals surface area contributed by atoms with Gasteiger partial charge in [-0.25, -0.2) is 12.7 Å². The number of hydrogen-bond acceptors (Lipinski definition) is 8. The standard InChI is InChI=1S/C13H14N2O9S2.Na.H/c16-9-2-1-7(5-10(9)17)25(20,21)6-11(18)14-4-3-8-12(14)13(19)15(8)26(22,23)24;;/h1-2,5,8,12,16-17H,3-4,6H2,(H,22,23,24);;/q;+1;-1/t8-,12+;;/m1../s1. The topological polar surface area (TPSA) is 170 Å². The molecule has 2 aliphatic rings. The first-order valence-electron chi connectivity index (χ1n) is 7.28. The Kier molecular flexibility index (Phi) is 5.86. The molecule has 0 spiro atoms. The number of sulfone groups is 1. The van der Waals surface area contributed by atoms with Crippen LogP contribution >= 0.6 is 0 Å². The summed E-state index contributed by atoms with van der Waals surface area (Å²) in [5.74, 6) is -4.10. The third-order valence-electron chi connectivity index (χ3n) is 4.33. The van der Waals surface area contributed by atoms with Crippen LogP contribution in [0.1, 0.15) is 7.85 Å². The van der Waals surface area contributed by atoms with Crippen LogP contribution in [0.25, 0.3) is 0 Å². The molecule has 3 rings (SSSR count). The first-order valence-corrected chi connectivity index (χ1v) is 10.3. The average molecular weight is 430 g/mol. The molecular weight excluding hydrogens is 415 g/mol. The van der Waals surface area contributed by atoms with Crippen molar-refractivity contribution < 1.29 is 72.2 Å². The number of phenolic OH excluding ortho intramolecular Hbond substituents is 2. The quantitative estimate of drug-likeness (QED) is 0.185. The maximum Gasteiger partial charge on any atom is 1.00 e. The first kappa shape index (κ1) is 21.9. The molecule has 2 saturated heterocycles. The van der Waals surface area contributed by atoms with Gasteiger partial charge in [0.05, 0.1) is 10.9 Å². The second-order valence-corrected chi connectivity index (χ2v) is 9.19. The van der Waals surface area contributed by atoms with E-state index in [-0.39, 0.29) is 48.3 Å². The Morgan fingerprint density at radius 2 is 1.81 bits per heavy atom. The number of likely N-dealkylation sites (tertiary alicyclic amines) is 1. The fourth-order valence-electron chi connectivity index (χ4n) is 3.12. The molecule has 11 nitrogen and oxygen atoms in total. The molecule has 144 valence electrons. The minimum Gasteiger partial charge on any atom is -1.00 e. The number of fused-ring (bicyclic) bond motifs is 1. The van der Waals surface area contributed by atoms with Gasteiger partial charge in [-0.15, -0.1) is 0 Å². The molecule has 0 saturated carbocycles. The summed E-state index contributed by atoms with van der Waals surface area (Å²) in [5, 5.41) is 18.6. The second kappa shape index (κ2) is 7.22. The Hall–Kier alpha value is -1.38. The maximum absolute atomic E-state index is 12.3. The smallest absolute Gasteiger partial charge is 1.00 e. The van der Waals surface area contributed by atoms with Crippen molar-refractivity contribution in [1.29, 1.82) is 0 Å². The van der Waals surface area contributed by atoms with Gasteiger partial charge in [-0.1, -0.05) is 0 Å². The van der Waals surface area contributed by atoms with Gasteiger partial charge in [0.1, 0.15) is 11.8 Å². The van der Waals surface area contributed by atoms with E-state index >= 15 is 0 Å². The van der Waals surface area contributed by atoms with Crippen LogP contribution in [0, 0.1) is 0 Å². The zero-order valence-electron chi connectivity index (χ0n) is 15.0. The molecule has 0 bridgehead atoms. The number of carbonyl (C=O) groups is 2. The zero-order valence-corrected chi connectivity index (χ0v) is 17.6. The Bertz CT molecular complexity index is 1010. The SMILES string of the molecule is O=C(CS(=O)(=O)c1ccc(O)c(O)c1)N1CC[C@@H]2[C@H]1C(=O)N2S(=O)(=O)O.[H-].[Na+]. The van der Waals surface area contributed by atoms with Crippen LogP contribution in [-0.2, 0) is 29.7 Å². The van der Waals surface area contributed by atoms with Gasteiger partial charge in [0.25, 0.3) is 5.91 Å². The Morgan fingerprint density at radius 3 is 2.37 bits per heavy atom. The summed E-state index contributed by atoms with van der Waals surface area (Å²) in [6.45, 7) is -0.0394. The molecule has 27 heavy (non-hydrogen) atoms. The van der Waals surface area contributed by atoms with Gasteiger partial charge in [-0.3, -0.25) is 14.1 Å². The monoisotopic (exact) mass is 430 g/mol. The van der Waals surface area contributed by atoms with E-state index in [1.54, 1.807) is 0 Å². The number of rotatable bonds is 4. The Morgan fingerprint density at radius 1 is 1.19 bits per heavy atom. The van der Waals surface area contributed by atoms with Crippen molar-refractivity contribution in [3.05, 3.63) is 18.2 Å². The number of phenols is 2. The number of amides is 2. The maximum atomic E-state index is 12.3. The van der Waals surface area contributed by atoms with Crippen molar-refractivity contribution in [1.82, 2.24) is 9.21 Å². The third-order valence-corrected chi connectivity index (χ3v) is 6.87. The van der Waals surface area contributed by atoms with Crippen LogP contribution in [0.2, 0.25) is 0 Å². The summed E-state index contributed by atoms with van der Waals surface area (Å²) >= 11 is 0. The van der Waals surface area contributed by atoms with Crippen LogP contribution in [0.15, 0.2) is 23.1 Å². The predicted molar refractivity (Wildman–Crippen MR) is 85.2 cm³/mol. The van der Waals surface area contributed by atoms with Crippen LogP contribution in [0.5, 0.6) is 11.5 Å². The van der Waals surface area contributed by atoms with E-state index < -0.39 is 66.2 Å². The second-order valence-electron chi connectivity index (χ2n) is 5.91. The molecule has 14 heteroatoms. The van der Waals surface area contributed by atoms with Crippen LogP contribution < -0.4 is 29.6 Å². The molecule has 0 radical (unpaired) electrons. The van der Waals surface area contributed by atoms with Crippen molar-refractivity contribution in [3.8, 4) is 11.5 Å². The van der Waals surface area contributed by atoms with E-state index in [4.69, 9.17) is 4.55 Å². The van der Waals surface area contributed by atoms with E-state index in [0.717, 1.165) is 23.1 Å². The molecule has 3 N–H and O–H groups in total. The largest absolute Gasteiger partial charge is 1.00 e. The molecule has 2 heterocycles. The molecule has 2 fully saturated rings. The van der Waals surface area contributed by atoms with E-state index in [1.807, 2.05) is 0 Å². The van der Waals surface area contributed by atoms with E-state index in [0.29, 0.717) is 0 Å². The van der Waals surface area contributed by atoms with E-state index in [2.05, 4.69) is 0 Å². The molecule has 2 atom stereocenters. The average Bonchev–Trinajstić information content (AvgIpc) is 2.86. The van der Waals surface area contributed by atoms with Gasteiger partial charge >= 0.3 is 39.9 Å². The molecular formula is C13H15N2NaO9S2. The van der Waals surface area contributed by atoms with Gasteiger partial charge in [-0.05, 0) is 18.6 Å². The van der Waals surface area contributed by atoms with Gasteiger partial charge in [0.15, 0.2) is 21.3 Å². The van der Waals surface area contributed by atoms with Gasteiger partial charge in [-0.2, -0.15) is 8.42 Å². The van der Waals surface area contributed by atoms with Crippen LogP contribution in [-0.4, -0.2) is 77.0 Å². The van der Waals surface area contributed by atoms with Crippen molar-refractivity contribution in [2.24, 2.45) is 0 Å². The number of β-lactam (4-membered cyclic amide) rings is 1. The molecule has 2 amide bonds. The summed E-state index contributed by atoms with van der Waals surface area (Å²) < 4.78 is 56.1. The fraction of sp³-hybridized carbons (Fsp3) is 0.385. The number of hydrogen-bond donors (Lipinski definition) is 3. The summed E-state index contributed by atoms with van der Waals surface area (Å²) in [7, 11) is -8.90. The summed E-state index contributed by atoms with van der Waals surface area (Å²) in [5.41, 5.74) is 0. The molecule has 0 unspecified atom stereocenters. The normalized spacial score (nSPS) is 22.0.